The van der Waals surface area contributed by atoms with Gasteiger partial charge in [-0.05, 0) is 62.7 Å². The van der Waals surface area contributed by atoms with Gasteiger partial charge in [-0.15, -0.1) is 0 Å². The average molecular weight is 581 g/mol. The third-order valence-electron chi connectivity index (χ3n) is 5.67. The Bertz CT molecular complexity index is 1400. The van der Waals surface area contributed by atoms with E-state index in [0.29, 0.717) is 10.6 Å². The highest BCUT2D eigenvalue weighted by molar-refractivity contribution is 7.92. The van der Waals surface area contributed by atoms with E-state index in [9.17, 15) is 22.4 Å². The van der Waals surface area contributed by atoms with Crippen molar-refractivity contribution in [1.29, 1.82) is 0 Å². The van der Waals surface area contributed by atoms with Crippen molar-refractivity contribution in [3.05, 3.63) is 94.2 Å². The number of benzene rings is 3. The standard InChI is InChI=1S/C27H28Cl2FN3O4S/c1-18(2)31-27(35)19(3)32(16-20-13-14-22(28)23(29)15-20)26(34)17-33(25-12-8-7-11-24(25)30)38(36,37)21-9-5-4-6-10-21/h4-15,18-19H,16-17H2,1-3H3,(H,31,35)/t19-/m0/s1. The maximum absolute atomic E-state index is 14.9. The third kappa shape index (κ3) is 7.03. The number of rotatable bonds is 10. The molecule has 0 bridgehead atoms. The molecule has 11 heteroatoms. The van der Waals surface area contributed by atoms with Crippen molar-refractivity contribution >= 4 is 50.7 Å². The summed E-state index contributed by atoms with van der Waals surface area (Å²) in [7, 11) is -4.35. The fourth-order valence-electron chi connectivity index (χ4n) is 3.71. The molecule has 0 fully saturated rings. The van der Waals surface area contributed by atoms with Crippen LogP contribution >= 0.6 is 23.2 Å². The first-order chi connectivity index (χ1) is 17.9. The Labute approximate surface area is 232 Å². The molecule has 0 saturated heterocycles. The van der Waals surface area contributed by atoms with Crippen LogP contribution in [0.2, 0.25) is 10.0 Å². The van der Waals surface area contributed by atoms with Crippen molar-refractivity contribution in [1.82, 2.24) is 10.2 Å². The summed E-state index contributed by atoms with van der Waals surface area (Å²) in [6, 6.07) is 16.3. The minimum atomic E-state index is -4.35. The van der Waals surface area contributed by atoms with Gasteiger partial charge in [0.05, 0.1) is 20.6 Å². The molecule has 1 N–H and O–H groups in total. The molecule has 3 aromatic carbocycles. The van der Waals surface area contributed by atoms with Gasteiger partial charge in [-0.25, -0.2) is 12.8 Å². The third-order valence-corrected chi connectivity index (χ3v) is 8.18. The lowest BCUT2D eigenvalue weighted by Gasteiger charge is -2.32. The Morgan fingerprint density at radius 2 is 1.55 bits per heavy atom. The summed E-state index contributed by atoms with van der Waals surface area (Å²) in [5.74, 6) is -1.97. The van der Waals surface area contributed by atoms with E-state index in [1.807, 2.05) is 0 Å². The van der Waals surface area contributed by atoms with Crippen LogP contribution in [0, 0.1) is 5.82 Å². The van der Waals surface area contributed by atoms with Crippen LogP contribution in [-0.2, 0) is 26.2 Å². The highest BCUT2D eigenvalue weighted by Gasteiger charge is 2.33. The quantitative estimate of drug-likeness (QED) is 0.354. The monoisotopic (exact) mass is 579 g/mol. The van der Waals surface area contributed by atoms with Gasteiger partial charge in [0, 0.05) is 12.6 Å². The Hall–Kier alpha value is -3.14. The molecule has 1 atom stereocenters. The number of hydrogen-bond acceptors (Lipinski definition) is 4. The molecule has 38 heavy (non-hydrogen) atoms. The lowest BCUT2D eigenvalue weighted by molar-refractivity contribution is -0.139. The van der Waals surface area contributed by atoms with Crippen molar-refractivity contribution in [2.75, 3.05) is 10.8 Å². The molecule has 0 radical (unpaired) electrons. The second-order valence-corrected chi connectivity index (χ2v) is 11.6. The first-order valence-electron chi connectivity index (χ1n) is 11.8. The lowest BCUT2D eigenvalue weighted by atomic mass is 10.1. The number of carbonyl (C=O) groups excluding carboxylic acids is 2. The second kappa shape index (κ2) is 12.6. The molecule has 0 unspecified atom stereocenters. The molecular weight excluding hydrogens is 552 g/mol. The van der Waals surface area contributed by atoms with E-state index in [0.717, 1.165) is 10.4 Å². The van der Waals surface area contributed by atoms with E-state index in [-0.39, 0.29) is 28.2 Å². The van der Waals surface area contributed by atoms with Gasteiger partial charge in [0.25, 0.3) is 10.0 Å². The Balaban J connectivity index is 2.04. The predicted molar refractivity (Wildman–Crippen MR) is 147 cm³/mol. The van der Waals surface area contributed by atoms with Gasteiger partial charge in [-0.3, -0.25) is 13.9 Å². The molecular formula is C27H28Cl2FN3O4S. The van der Waals surface area contributed by atoms with E-state index in [1.54, 1.807) is 38.1 Å². The summed E-state index contributed by atoms with van der Waals surface area (Å²) < 4.78 is 42.8. The zero-order chi connectivity index (χ0) is 28.0. The van der Waals surface area contributed by atoms with E-state index in [1.165, 1.54) is 54.3 Å². The van der Waals surface area contributed by atoms with Gasteiger partial charge in [0.2, 0.25) is 11.8 Å². The van der Waals surface area contributed by atoms with Crippen LogP contribution in [0.1, 0.15) is 26.3 Å². The minimum absolute atomic E-state index is 0.0705. The zero-order valence-corrected chi connectivity index (χ0v) is 23.4. The molecule has 3 rings (SSSR count). The number of nitrogens with zero attached hydrogens (tertiary/aromatic N) is 2. The summed E-state index contributed by atoms with van der Waals surface area (Å²) in [5, 5.41) is 3.34. The average Bonchev–Trinajstić information content (AvgIpc) is 2.88. The molecule has 202 valence electrons. The number of halogens is 3. The maximum Gasteiger partial charge on any atom is 0.264 e. The zero-order valence-electron chi connectivity index (χ0n) is 21.1. The first kappa shape index (κ1) is 29.4. The molecule has 0 aromatic heterocycles. The van der Waals surface area contributed by atoms with Crippen LogP contribution < -0.4 is 9.62 Å². The van der Waals surface area contributed by atoms with Crippen molar-refractivity contribution < 1.29 is 22.4 Å². The second-order valence-electron chi connectivity index (χ2n) is 8.89. The van der Waals surface area contributed by atoms with Crippen LogP contribution in [0.4, 0.5) is 10.1 Å². The number of carbonyl (C=O) groups is 2. The van der Waals surface area contributed by atoms with Gasteiger partial charge in [0.15, 0.2) is 0 Å². The van der Waals surface area contributed by atoms with E-state index < -0.39 is 40.2 Å². The largest absolute Gasteiger partial charge is 0.352 e. The summed E-state index contributed by atoms with van der Waals surface area (Å²) in [5.41, 5.74) is 0.277. The van der Waals surface area contributed by atoms with Crippen LogP contribution in [0.3, 0.4) is 0 Å². The summed E-state index contributed by atoms with van der Waals surface area (Å²) in [4.78, 5) is 27.8. The van der Waals surface area contributed by atoms with Crippen LogP contribution in [0.5, 0.6) is 0 Å². The molecule has 0 saturated carbocycles. The summed E-state index contributed by atoms with van der Waals surface area (Å²) >= 11 is 12.2. The Kier molecular flexibility index (Phi) is 9.76. The van der Waals surface area contributed by atoms with E-state index in [4.69, 9.17) is 23.2 Å². The number of anilines is 1. The summed E-state index contributed by atoms with van der Waals surface area (Å²) in [6.07, 6.45) is 0. The van der Waals surface area contributed by atoms with Crippen molar-refractivity contribution in [2.45, 2.75) is 44.3 Å². The molecule has 0 heterocycles. The number of nitrogens with one attached hydrogen (secondary N) is 1. The number of hydrogen-bond donors (Lipinski definition) is 1. The molecule has 0 aliphatic rings. The highest BCUT2D eigenvalue weighted by atomic mass is 35.5. The van der Waals surface area contributed by atoms with Gasteiger partial charge in [0.1, 0.15) is 18.4 Å². The number of para-hydroxylation sites is 1. The predicted octanol–water partition coefficient (Wildman–Crippen LogP) is 5.27. The number of sulfonamides is 1. The van der Waals surface area contributed by atoms with Crippen molar-refractivity contribution in [3.8, 4) is 0 Å². The normalized spacial score (nSPS) is 12.2. The van der Waals surface area contributed by atoms with Crippen LogP contribution in [0.15, 0.2) is 77.7 Å². The maximum atomic E-state index is 14.9. The van der Waals surface area contributed by atoms with Crippen molar-refractivity contribution in [2.24, 2.45) is 0 Å². The molecule has 0 aliphatic carbocycles. The first-order valence-corrected chi connectivity index (χ1v) is 14.0. The molecule has 0 spiro atoms. The van der Waals surface area contributed by atoms with Gasteiger partial charge in [-0.1, -0.05) is 59.6 Å². The van der Waals surface area contributed by atoms with Gasteiger partial charge >= 0.3 is 0 Å². The fraction of sp³-hybridized carbons (Fsp3) is 0.259. The summed E-state index contributed by atoms with van der Waals surface area (Å²) in [6.45, 7) is 4.27. The molecule has 7 nitrogen and oxygen atoms in total. The Morgan fingerprint density at radius 1 is 0.921 bits per heavy atom. The van der Waals surface area contributed by atoms with Crippen LogP contribution in [-0.4, -0.2) is 43.8 Å². The van der Waals surface area contributed by atoms with Crippen molar-refractivity contribution in [3.63, 3.8) is 0 Å². The molecule has 2 amide bonds. The highest BCUT2D eigenvalue weighted by Crippen LogP contribution is 2.27. The van der Waals surface area contributed by atoms with E-state index >= 15 is 0 Å². The molecule has 3 aromatic rings. The SMILES string of the molecule is CC(C)NC(=O)[C@H](C)N(Cc1ccc(Cl)c(Cl)c1)C(=O)CN(c1ccccc1F)S(=O)(=O)c1ccccc1. The molecule has 0 aliphatic heterocycles. The minimum Gasteiger partial charge on any atom is -0.352 e. The van der Waals surface area contributed by atoms with Gasteiger partial charge < -0.3 is 10.2 Å². The topological polar surface area (TPSA) is 86.8 Å². The van der Waals surface area contributed by atoms with E-state index in [2.05, 4.69) is 5.32 Å². The van der Waals surface area contributed by atoms with Gasteiger partial charge in [-0.2, -0.15) is 0 Å². The number of amides is 2. The fourth-order valence-corrected chi connectivity index (χ4v) is 5.47. The Morgan fingerprint density at radius 3 is 2.16 bits per heavy atom. The van der Waals surface area contributed by atoms with Crippen LogP contribution in [0.25, 0.3) is 0 Å². The smallest absolute Gasteiger partial charge is 0.264 e. The lowest BCUT2D eigenvalue weighted by Crippen LogP contribution is -2.52.